The normalized spacial score (nSPS) is 12.4. The second-order valence-electron chi connectivity index (χ2n) is 8.68. The van der Waals surface area contributed by atoms with Gasteiger partial charge in [-0.25, -0.2) is 0 Å². The van der Waals surface area contributed by atoms with Crippen molar-refractivity contribution in [3.8, 4) is 11.5 Å². The summed E-state index contributed by atoms with van der Waals surface area (Å²) in [7, 11) is 0. The minimum atomic E-state index is -0.477. The van der Waals surface area contributed by atoms with Crippen LogP contribution in [0.1, 0.15) is 83.2 Å². The molecule has 0 fully saturated rings. The molecule has 1 aliphatic rings. The van der Waals surface area contributed by atoms with Crippen molar-refractivity contribution in [2.75, 3.05) is 36.8 Å². The van der Waals surface area contributed by atoms with Gasteiger partial charge in [0.1, 0.15) is 11.5 Å². The first-order valence-corrected chi connectivity index (χ1v) is 12.2. The lowest BCUT2D eigenvalue weighted by Crippen LogP contribution is -2.24. The number of carbonyl (C=O) groups is 2. The molecule has 2 aromatic rings. The lowest BCUT2D eigenvalue weighted by Gasteiger charge is -2.24. The molecule has 1 aliphatic carbocycles. The predicted molar refractivity (Wildman–Crippen MR) is 135 cm³/mol. The third kappa shape index (κ3) is 5.69. The number of anilines is 2. The molecule has 184 valence electrons. The number of carbonyl (C=O) groups excluding carboxylic acids is 2. The van der Waals surface area contributed by atoms with Crippen molar-refractivity contribution in [3.63, 3.8) is 0 Å². The fourth-order valence-electron chi connectivity index (χ4n) is 4.35. The van der Waals surface area contributed by atoms with Gasteiger partial charge in [0.15, 0.2) is 0 Å². The number of aromatic hydroxyl groups is 2. The minimum Gasteiger partial charge on any atom is -0.507 e. The van der Waals surface area contributed by atoms with Crippen LogP contribution in [0.4, 0.5) is 11.4 Å². The predicted octanol–water partition coefficient (Wildman–Crippen LogP) is 3.74. The van der Waals surface area contributed by atoms with Crippen molar-refractivity contribution >= 4 is 22.9 Å². The van der Waals surface area contributed by atoms with E-state index in [0.717, 1.165) is 51.4 Å². The van der Waals surface area contributed by atoms with E-state index in [-0.39, 0.29) is 33.8 Å². The Morgan fingerprint density at radius 2 is 0.941 bits per heavy atom. The van der Waals surface area contributed by atoms with Crippen molar-refractivity contribution in [2.24, 2.45) is 11.5 Å². The maximum atomic E-state index is 13.5. The highest BCUT2D eigenvalue weighted by atomic mass is 16.3. The Kier molecular flexibility index (Phi) is 9.30. The summed E-state index contributed by atoms with van der Waals surface area (Å²) < 4.78 is 0. The van der Waals surface area contributed by atoms with E-state index in [1.165, 1.54) is 12.1 Å². The van der Waals surface area contributed by atoms with Gasteiger partial charge in [-0.1, -0.05) is 25.7 Å². The first kappa shape index (κ1) is 25.5. The molecule has 0 radical (unpaired) electrons. The van der Waals surface area contributed by atoms with E-state index in [1.807, 2.05) is 0 Å². The Hall–Kier alpha value is -3.10. The molecule has 8 nitrogen and oxygen atoms in total. The smallest absolute Gasteiger partial charge is 0.200 e. The molecule has 8 N–H and O–H groups in total. The molecular weight excluding hydrogens is 432 g/mol. The van der Waals surface area contributed by atoms with Gasteiger partial charge in [-0.2, -0.15) is 0 Å². The molecule has 34 heavy (non-hydrogen) atoms. The van der Waals surface area contributed by atoms with Crippen LogP contribution in [-0.4, -0.2) is 48.0 Å². The lowest BCUT2D eigenvalue weighted by molar-refractivity contribution is 0.0975. The summed E-state index contributed by atoms with van der Waals surface area (Å²) in [5, 5.41) is 27.5. The van der Waals surface area contributed by atoms with Crippen LogP contribution in [0.2, 0.25) is 0 Å². The second-order valence-corrected chi connectivity index (χ2v) is 8.68. The molecule has 0 saturated carbocycles. The van der Waals surface area contributed by atoms with Gasteiger partial charge in [-0.05, 0) is 63.0 Å². The number of nitrogens with two attached hydrogens (primary N) is 2. The molecule has 0 aliphatic heterocycles. The number of nitrogens with one attached hydrogen (secondary N) is 2. The SMILES string of the molecule is NCCCCCCNc1ccc(O)c2c1C(=O)c1c(O)ccc(NCCCCCCN)c1C2=O. The molecule has 0 spiro atoms. The Labute approximate surface area is 200 Å². The number of fused-ring (bicyclic) bond motifs is 2. The highest BCUT2D eigenvalue weighted by Crippen LogP contribution is 2.42. The van der Waals surface area contributed by atoms with Crippen molar-refractivity contribution < 1.29 is 19.8 Å². The van der Waals surface area contributed by atoms with Crippen LogP contribution in [0.25, 0.3) is 0 Å². The molecule has 0 aromatic heterocycles. The number of hydrogen-bond donors (Lipinski definition) is 6. The molecule has 2 aromatic carbocycles. The van der Waals surface area contributed by atoms with E-state index < -0.39 is 11.6 Å². The van der Waals surface area contributed by atoms with Gasteiger partial charge in [0, 0.05) is 24.5 Å². The van der Waals surface area contributed by atoms with Crippen LogP contribution in [0.15, 0.2) is 24.3 Å². The number of phenols is 2. The zero-order chi connectivity index (χ0) is 24.5. The average molecular weight is 469 g/mol. The van der Waals surface area contributed by atoms with Crippen LogP contribution >= 0.6 is 0 Å². The van der Waals surface area contributed by atoms with Gasteiger partial charge < -0.3 is 32.3 Å². The maximum Gasteiger partial charge on any atom is 0.200 e. The maximum absolute atomic E-state index is 13.5. The summed E-state index contributed by atoms with van der Waals surface area (Å²) in [5.41, 5.74) is 12.2. The number of rotatable bonds is 14. The molecule has 8 heteroatoms. The molecule has 0 amide bonds. The summed E-state index contributed by atoms with van der Waals surface area (Å²) in [6.45, 7) is 2.58. The monoisotopic (exact) mass is 468 g/mol. The van der Waals surface area contributed by atoms with Crippen molar-refractivity contribution in [1.29, 1.82) is 0 Å². The van der Waals surface area contributed by atoms with Gasteiger partial charge in [0.2, 0.25) is 11.6 Å². The van der Waals surface area contributed by atoms with Gasteiger partial charge in [-0.3, -0.25) is 9.59 Å². The number of benzene rings is 2. The van der Waals surface area contributed by atoms with Gasteiger partial charge in [0.05, 0.1) is 22.3 Å². The van der Waals surface area contributed by atoms with Crippen LogP contribution < -0.4 is 22.1 Å². The largest absolute Gasteiger partial charge is 0.507 e. The van der Waals surface area contributed by atoms with Crippen LogP contribution in [0.3, 0.4) is 0 Å². The highest BCUT2D eigenvalue weighted by molar-refractivity contribution is 6.33. The standard InChI is InChI=1S/C26H36N4O4/c27-13-5-1-3-7-15-29-17-9-11-19(31)23-21(17)25(33)24-20(32)12-10-18(22(24)26(23)34)30-16-8-4-2-6-14-28/h9-12,29-32H,1-8,13-16,27-28H2. The van der Waals surface area contributed by atoms with Crippen molar-refractivity contribution in [3.05, 3.63) is 46.5 Å². The third-order valence-corrected chi connectivity index (χ3v) is 6.17. The second kappa shape index (κ2) is 12.4. The fourth-order valence-corrected chi connectivity index (χ4v) is 4.35. The lowest BCUT2D eigenvalue weighted by atomic mass is 9.81. The van der Waals surface area contributed by atoms with E-state index >= 15 is 0 Å². The highest BCUT2D eigenvalue weighted by Gasteiger charge is 2.37. The summed E-state index contributed by atoms with van der Waals surface area (Å²) in [5.74, 6) is -1.45. The topological polar surface area (TPSA) is 151 Å². The van der Waals surface area contributed by atoms with Gasteiger partial charge in [0.25, 0.3) is 0 Å². The first-order valence-electron chi connectivity index (χ1n) is 12.2. The van der Waals surface area contributed by atoms with Crippen molar-refractivity contribution in [1.82, 2.24) is 0 Å². The zero-order valence-electron chi connectivity index (χ0n) is 19.7. The Morgan fingerprint density at radius 3 is 1.32 bits per heavy atom. The average Bonchev–Trinajstić information content (AvgIpc) is 2.83. The molecule has 0 unspecified atom stereocenters. The van der Waals surface area contributed by atoms with Crippen LogP contribution in [0.5, 0.6) is 11.5 Å². The van der Waals surface area contributed by atoms with E-state index in [1.54, 1.807) is 12.1 Å². The summed E-state index contributed by atoms with van der Waals surface area (Å²) in [4.78, 5) is 27.0. The quantitative estimate of drug-likeness (QED) is 0.155. The van der Waals surface area contributed by atoms with E-state index in [9.17, 15) is 19.8 Å². The fraction of sp³-hybridized carbons (Fsp3) is 0.462. The number of ketones is 2. The van der Waals surface area contributed by atoms with Crippen LogP contribution in [0, 0.1) is 0 Å². The van der Waals surface area contributed by atoms with Gasteiger partial charge in [-0.15, -0.1) is 0 Å². The summed E-state index contributed by atoms with van der Waals surface area (Å²) >= 11 is 0. The molecular formula is C26H36N4O4. The Morgan fingerprint density at radius 1 is 0.559 bits per heavy atom. The number of phenolic OH excluding ortho intramolecular Hbond substituents is 2. The van der Waals surface area contributed by atoms with E-state index in [2.05, 4.69) is 10.6 Å². The molecule has 0 saturated heterocycles. The number of unbranched alkanes of at least 4 members (excludes halogenated alkanes) is 6. The molecule has 0 bridgehead atoms. The molecule has 0 heterocycles. The number of hydrogen-bond acceptors (Lipinski definition) is 8. The zero-order valence-corrected chi connectivity index (χ0v) is 19.7. The minimum absolute atomic E-state index is 0.0257. The van der Waals surface area contributed by atoms with Crippen molar-refractivity contribution in [2.45, 2.75) is 51.4 Å². The Bertz CT molecular complexity index is 941. The summed E-state index contributed by atoms with van der Waals surface area (Å²) in [6.07, 6.45) is 7.80. The molecule has 0 atom stereocenters. The van der Waals surface area contributed by atoms with E-state index in [4.69, 9.17) is 11.5 Å². The first-order chi connectivity index (χ1) is 16.5. The molecule has 3 rings (SSSR count). The van der Waals surface area contributed by atoms with Crippen LogP contribution in [-0.2, 0) is 0 Å². The Balaban J connectivity index is 1.83. The third-order valence-electron chi connectivity index (χ3n) is 6.17. The summed E-state index contributed by atoms with van der Waals surface area (Å²) in [6, 6.07) is 6.06. The van der Waals surface area contributed by atoms with E-state index in [0.29, 0.717) is 37.6 Å². The van der Waals surface area contributed by atoms with Gasteiger partial charge >= 0.3 is 0 Å².